The molecule has 0 amide bonds. The zero-order valence-corrected chi connectivity index (χ0v) is 14.8. The summed E-state index contributed by atoms with van der Waals surface area (Å²) < 4.78 is 0. The van der Waals surface area contributed by atoms with Crippen LogP contribution in [0, 0.1) is 5.41 Å². The van der Waals surface area contributed by atoms with Gasteiger partial charge in [0.15, 0.2) is 0 Å². The fraction of sp³-hybridized carbons (Fsp3) is 1.00. The summed E-state index contributed by atoms with van der Waals surface area (Å²) in [6.45, 7) is 10.8. The summed E-state index contributed by atoms with van der Waals surface area (Å²) in [7, 11) is 0. The first-order valence-corrected chi connectivity index (χ1v) is 9.97. The van der Waals surface area contributed by atoms with Crippen LogP contribution in [0.2, 0.25) is 0 Å². The molecule has 0 aliphatic carbocycles. The van der Waals surface area contributed by atoms with Crippen molar-refractivity contribution in [3.63, 3.8) is 0 Å². The number of nitrogens with zero attached hydrogens (tertiary/aromatic N) is 2. The van der Waals surface area contributed by atoms with Crippen molar-refractivity contribution in [1.82, 2.24) is 9.80 Å². The van der Waals surface area contributed by atoms with Gasteiger partial charge in [0.2, 0.25) is 0 Å². The number of hydrogen-bond donors (Lipinski definition) is 1. The third-order valence-electron chi connectivity index (χ3n) is 5.79. The third kappa shape index (κ3) is 3.44. The fourth-order valence-corrected chi connectivity index (χ4v) is 6.27. The molecule has 0 bridgehead atoms. The maximum absolute atomic E-state index is 6.29. The lowest BCUT2D eigenvalue weighted by atomic mass is 9.79. The summed E-state index contributed by atoms with van der Waals surface area (Å²) in [5.74, 6) is 2.53. The van der Waals surface area contributed by atoms with Crippen LogP contribution >= 0.6 is 11.8 Å². The van der Waals surface area contributed by atoms with Crippen LogP contribution in [-0.4, -0.2) is 65.6 Å². The normalized spacial score (nSPS) is 38.7. The Morgan fingerprint density at radius 1 is 1.10 bits per heavy atom. The van der Waals surface area contributed by atoms with Crippen LogP contribution in [0.3, 0.4) is 0 Å². The molecule has 2 N–H and O–H groups in total. The summed E-state index contributed by atoms with van der Waals surface area (Å²) in [4.78, 5) is 5.52. The van der Waals surface area contributed by atoms with Crippen molar-refractivity contribution in [1.29, 1.82) is 0 Å². The standard InChI is InChI=1S/C17H33N3S/c1-16(2)11-17(12-18,14-21-13-16)20-9-6-15(10-20)19-7-4-3-5-8-19/h15H,3-14,18H2,1-2H3. The van der Waals surface area contributed by atoms with E-state index in [0.29, 0.717) is 5.41 Å². The Labute approximate surface area is 135 Å². The Morgan fingerprint density at radius 3 is 2.52 bits per heavy atom. The number of thioether (sulfide) groups is 1. The highest BCUT2D eigenvalue weighted by molar-refractivity contribution is 7.99. The number of nitrogens with two attached hydrogens (primary N) is 1. The minimum absolute atomic E-state index is 0.261. The van der Waals surface area contributed by atoms with Gasteiger partial charge in [-0.1, -0.05) is 20.3 Å². The monoisotopic (exact) mass is 311 g/mol. The first-order chi connectivity index (χ1) is 10.0. The maximum atomic E-state index is 6.29. The van der Waals surface area contributed by atoms with Crippen molar-refractivity contribution in [2.75, 3.05) is 44.2 Å². The van der Waals surface area contributed by atoms with Crippen LogP contribution < -0.4 is 5.73 Å². The molecule has 3 saturated heterocycles. The smallest absolute Gasteiger partial charge is 0.0427 e. The van der Waals surface area contributed by atoms with Crippen molar-refractivity contribution in [3.05, 3.63) is 0 Å². The van der Waals surface area contributed by atoms with E-state index in [2.05, 4.69) is 35.4 Å². The quantitative estimate of drug-likeness (QED) is 0.867. The summed E-state index contributed by atoms with van der Waals surface area (Å²) >= 11 is 2.12. The van der Waals surface area contributed by atoms with Crippen LogP contribution in [0.15, 0.2) is 0 Å². The summed E-state index contributed by atoms with van der Waals surface area (Å²) in [5.41, 5.74) is 6.99. The summed E-state index contributed by atoms with van der Waals surface area (Å²) in [6.07, 6.45) is 6.87. The van der Waals surface area contributed by atoms with Crippen molar-refractivity contribution in [2.45, 2.75) is 57.5 Å². The fourth-order valence-electron chi connectivity index (χ4n) is 4.73. The van der Waals surface area contributed by atoms with Crippen LogP contribution in [0.4, 0.5) is 0 Å². The molecular formula is C17H33N3S. The average molecular weight is 312 g/mol. The van der Waals surface area contributed by atoms with Crippen LogP contribution in [0.5, 0.6) is 0 Å². The van der Waals surface area contributed by atoms with E-state index in [1.165, 1.54) is 69.8 Å². The second-order valence-corrected chi connectivity index (χ2v) is 9.23. The SMILES string of the molecule is CC1(C)CSCC(CN)(N2CCC(N3CCCCC3)C2)C1. The molecule has 0 aromatic heterocycles. The topological polar surface area (TPSA) is 32.5 Å². The van der Waals surface area contributed by atoms with E-state index >= 15 is 0 Å². The van der Waals surface area contributed by atoms with Gasteiger partial charge in [0, 0.05) is 37.0 Å². The van der Waals surface area contributed by atoms with Gasteiger partial charge in [-0.05, 0) is 49.9 Å². The number of piperidine rings is 1. The van der Waals surface area contributed by atoms with Gasteiger partial charge < -0.3 is 5.73 Å². The molecule has 0 aromatic rings. The van der Waals surface area contributed by atoms with Gasteiger partial charge in [-0.2, -0.15) is 11.8 Å². The highest BCUT2D eigenvalue weighted by atomic mass is 32.2. The lowest BCUT2D eigenvalue weighted by molar-refractivity contribution is 0.0778. The molecule has 0 saturated carbocycles. The Kier molecular flexibility index (Phi) is 4.90. The number of hydrogen-bond acceptors (Lipinski definition) is 4. The van der Waals surface area contributed by atoms with E-state index in [-0.39, 0.29) is 5.54 Å². The first kappa shape index (κ1) is 16.1. The largest absolute Gasteiger partial charge is 0.329 e. The predicted octanol–water partition coefficient (Wildman–Crippen LogP) is 2.41. The van der Waals surface area contributed by atoms with Crippen molar-refractivity contribution < 1.29 is 0 Å². The molecule has 122 valence electrons. The van der Waals surface area contributed by atoms with Gasteiger partial charge >= 0.3 is 0 Å². The van der Waals surface area contributed by atoms with Gasteiger partial charge in [0.25, 0.3) is 0 Å². The maximum Gasteiger partial charge on any atom is 0.0427 e. The van der Waals surface area contributed by atoms with Crippen LogP contribution in [0.25, 0.3) is 0 Å². The van der Waals surface area contributed by atoms with Gasteiger partial charge in [0.05, 0.1) is 0 Å². The highest BCUT2D eigenvalue weighted by Crippen LogP contribution is 2.43. The molecule has 3 aliphatic rings. The predicted molar refractivity (Wildman–Crippen MR) is 92.9 cm³/mol. The Balaban J connectivity index is 1.65. The summed E-state index contributed by atoms with van der Waals surface area (Å²) in [6, 6.07) is 0.795. The molecule has 3 nitrogen and oxygen atoms in total. The molecule has 3 fully saturated rings. The molecule has 3 aliphatic heterocycles. The molecule has 0 radical (unpaired) electrons. The minimum atomic E-state index is 0.261. The number of likely N-dealkylation sites (tertiary alicyclic amines) is 2. The minimum Gasteiger partial charge on any atom is -0.329 e. The van der Waals surface area contributed by atoms with Crippen molar-refractivity contribution in [3.8, 4) is 0 Å². The molecular weight excluding hydrogens is 278 g/mol. The van der Waals surface area contributed by atoms with Crippen molar-refractivity contribution in [2.24, 2.45) is 11.1 Å². The van der Waals surface area contributed by atoms with E-state index in [9.17, 15) is 0 Å². The molecule has 3 rings (SSSR count). The summed E-state index contributed by atoms with van der Waals surface area (Å²) in [5, 5.41) is 0. The average Bonchev–Trinajstić information content (AvgIpc) is 2.97. The molecule has 0 spiro atoms. The molecule has 4 heteroatoms. The third-order valence-corrected chi connectivity index (χ3v) is 7.52. The van der Waals surface area contributed by atoms with E-state index in [4.69, 9.17) is 5.73 Å². The molecule has 3 heterocycles. The van der Waals surface area contributed by atoms with Crippen molar-refractivity contribution >= 4 is 11.8 Å². The van der Waals surface area contributed by atoms with Gasteiger partial charge in [0.1, 0.15) is 0 Å². The second-order valence-electron chi connectivity index (χ2n) is 8.25. The van der Waals surface area contributed by atoms with Crippen LogP contribution in [0.1, 0.15) is 46.0 Å². The second kappa shape index (κ2) is 6.38. The van der Waals surface area contributed by atoms with Gasteiger partial charge in [-0.25, -0.2) is 0 Å². The van der Waals surface area contributed by atoms with E-state index in [1.807, 2.05) is 0 Å². The Bertz CT molecular complexity index is 354. The van der Waals surface area contributed by atoms with E-state index in [0.717, 1.165) is 12.6 Å². The molecule has 21 heavy (non-hydrogen) atoms. The zero-order valence-electron chi connectivity index (χ0n) is 13.9. The first-order valence-electron chi connectivity index (χ1n) is 8.82. The molecule has 0 aromatic carbocycles. The molecule has 2 atom stereocenters. The van der Waals surface area contributed by atoms with Gasteiger partial charge in [-0.3, -0.25) is 9.80 Å². The number of rotatable bonds is 3. The highest BCUT2D eigenvalue weighted by Gasteiger charge is 2.46. The van der Waals surface area contributed by atoms with Gasteiger partial charge in [-0.15, -0.1) is 0 Å². The lowest BCUT2D eigenvalue weighted by Crippen LogP contribution is -2.59. The van der Waals surface area contributed by atoms with E-state index in [1.54, 1.807) is 0 Å². The zero-order chi connectivity index (χ0) is 14.9. The van der Waals surface area contributed by atoms with E-state index < -0.39 is 0 Å². The Morgan fingerprint density at radius 2 is 1.86 bits per heavy atom. The lowest BCUT2D eigenvalue weighted by Gasteiger charge is -2.49. The molecule has 2 unspecified atom stereocenters. The van der Waals surface area contributed by atoms with Crippen LogP contribution in [-0.2, 0) is 0 Å². The Hall–Kier alpha value is 0.230.